The molecule has 0 saturated carbocycles. The molecule has 4 heterocycles. The van der Waals surface area contributed by atoms with Crippen LogP contribution >= 0.6 is 15.9 Å². The standard InChI is InChI=1S/C12H14BrN5O2/c1-17-10-8(9(13)16-17)11(15-7-14-10)18-3-2-12(6-18)19-4-5-20-12/h7H,2-6H2,1H3. The highest BCUT2D eigenvalue weighted by Crippen LogP contribution is 2.36. The van der Waals surface area contributed by atoms with E-state index in [1.807, 2.05) is 7.05 Å². The molecule has 2 aromatic heterocycles. The van der Waals surface area contributed by atoms with Gasteiger partial charge in [0.1, 0.15) is 16.7 Å². The van der Waals surface area contributed by atoms with E-state index in [4.69, 9.17) is 9.47 Å². The maximum atomic E-state index is 5.76. The van der Waals surface area contributed by atoms with Crippen LogP contribution in [0.2, 0.25) is 0 Å². The first-order valence-corrected chi connectivity index (χ1v) is 7.34. The molecular formula is C12H14BrN5O2. The van der Waals surface area contributed by atoms with Crippen molar-refractivity contribution in [1.29, 1.82) is 0 Å². The summed E-state index contributed by atoms with van der Waals surface area (Å²) in [4.78, 5) is 10.9. The van der Waals surface area contributed by atoms with E-state index in [0.29, 0.717) is 19.8 Å². The van der Waals surface area contributed by atoms with Gasteiger partial charge in [0.05, 0.1) is 25.1 Å². The smallest absolute Gasteiger partial charge is 0.187 e. The predicted molar refractivity (Wildman–Crippen MR) is 75.5 cm³/mol. The summed E-state index contributed by atoms with van der Waals surface area (Å²) in [5.41, 5.74) is 0.816. The lowest BCUT2D eigenvalue weighted by Crippen LogP contribution is -2.34. The van der Waals surface area contributed by atoms with Crippen molar-refractivity contribution in [1.82, 2.24) is 19.7 Å². The van der Waals surface area contributed by atoms with Crippen molar-refractivity contribution >= 4 is 32.8 Å². The number of hydrogen-bond acceptors (Lipinski definition) is 6. The van der Waals surface area contributed by atoms with Gasteiger partial charge >= 0.3 is 0 Å². The first-order chi connectivity index (χ1) is 9.69. The number of nitrogens with zero attached hydrogens (tertiary/aromatic N) is 5. The van der Waals surface area contributed by atoms with Gasteiger partial charge in [0.25, 0.3) is 0 Å². The number of rotatable bonds is 1. The van der Waals surface area contributed by atoms with Crippen molar-refractivity contribution in [2.75, 3.05) is 31.2 Å². The van der Waals surface area contributed by atoms with Crippen LogP contribution in [0.5, 0.6) is 0 Å². The Bertz CT molecular complexity index is 667. The molecule has 2 aliphatic rings. The van der Waals surface area contributed by atoms with Gasteiger partial charge in [-0.2, -0.15) is 5.10 Å². The van der Waals surface area contributed by atoms with Gasteiger partial charge in [-0.25, -0.2) is 14.6 Å². The zero-order valence-corrected chi connectivity index (χ0v) is 12.6. The molecule has 106 valence electrons. The third-order valence-corrected chi connectivity index (χ3v) is 4.42. The maximum Gasteiger partial charge on any atom is 0.187 e. The molecule has 2 fully saturated rings. The topological polar surface area (TPSA) is 65.3 Å². The summed E-state index contributed by atoms with van der Waals surface area (Å²) in [6.45, 7) is 2.89. The molecule has 7 nitrogen and oxygen atoms in total. The first kappa shape index (κ1) is 12.5. The molecule has 2 saturated heterocycles. The van der Waals surface area contributed by atoms with E-state index in [0.717, 1.165) is 34.4 Å². The molecule has 0 N–H and O–H groups in total. The molecule has 0 aromatic carbocycles. The Kier molecular flexibility index (Phi) is 2.73. The normalized spacial score (nSPS) is 21.4. The average Bonchev–Trinajstić information content (AvgIpc) is 3.14. The summed E-state index contributed by atoms with van der Waals surface area (Å²) < 4.78 is 14.0. The Morgan fingerprint density at radius 2 is 2.10 bits per heavy atom. The molecule has 20 heavy (non-hydrogen) atoms. The maximum absolute atomic E-state index is 5.76. The van der Waals surface area contributed by atoms with Gasteiger partial charge in [-0.1, -0.05) is 0 Å². The van der Waals surface area contributed by atoms with Crippen LogP contribution in [0.1, 0.15) is 6.42 Å². The number of fused-ring (bicyclic) bond motifs is 1. The molecule has 4 rings (SSSR count). The van der Waals surface area contributed by atoms with E-state index in [9.17, 15) is 0 Å². The Morgan fingerprint density at radius 1 is 1.30 bits per heavy atom. The lowest BCUT2D eigenvalue weighted by Gasteiger charge is -2.23. The third kappa shape index (κ3) is 1.75. The zero-order chi connectivity index (χ0) is 13.7. The van der Waals surface area contributed by atoms with Crippen molar-refractivity contribution in [2.24, 2.45) is 7.05 Å². The fraction of sp³-hybridized carbons (Fsp3) is 0.583. The van der Waals surface area contributed by atoms with Crippen LogP contribution in [-0.2, 0) is 16.5 Å². The molecule has 0 radical (unpaired) electrons. The van der Waals surface area contributed by atoms with Crippen LogP contribution in [0, 0.1) is 0 Å². The number of hydrogen-bond donors (Lipinski definition) is 0. The number of ether oxygens (including phenoxy) is 2. The number of aromatic nitrogens is 4. The first-order valence-electron chi connectivity index (χ1n) is 6.55. The van der Waals surface area contributed by atoms with Gasteiger partial charge in [-0.05, 0) is 15.9 Å². The summed E-state index contributed by atoms with van der Waals surface area (Å²) >= 11 is 3.49. The highest BCUT2D eigenvalue weighted by molar-refractivity contribution is 9.10. The van der Waals surface area contributed by atoms with Crippen LogP contribution in [0.4, 0.5) is 5.82 Å². The van der Waals surface area contributed by atoms with Gasteiger partial charge in [0, 0.05) is 20.0 Å². The molecular weight excluding hydrogens is 326 g/mol. The van der Waals surface area contributed by atoms with Crippen molar-refractivity contribution in [3.05, 3.63) is 10.9 Å². The zero-order valence-electron chi connectivity index (χ0n) is 11.0. The lowest BCUT2D eigenvalue weighted by molar-refractivity contribution is -0.137. The molecule has 1 spiro atoms. The predicted octanol–water partition coefficient (Wildman–Crippen LogP) is 1.08. The molecule has 0 bridgehead atoms. The van der Waals surface area contributed by atoms with E-state index in [2.05, 4.69) is 35.9 Å². The molecule has 0 unspecified atom stereocenters. The number of aryl methyl sites for hydroxylation is 1. The summed E-state index contributed by atoms with van der Waals surface area (Å²) in [5.74, 6) is 0.428. The fourth-order valence-electron chi connectivity index (χ4n) is 2.93. The highest BCUT2D eigenvalue weighted by Gasteiger charge is 2.44. The minimum atomic E-state index is -0.452. The van der Waals surface area contributed by atoms with Gasteiger partial charge in [-0.3, -0.25) is 0 Å². The van der Waals surface area contributed by atoms with Gasteiger partial charge in [0.2, 0.25) is 0 Å². The van der Waals surface area contributed by atoms with Crippen molar-refractivity contribution < 1.29 is 9.47 Å². The second-order valence-corrected chi connectivity index (χ2v) is 5.84. The highest BCUT2D eigenvalue weighted by atomic mass is 79.9. The second-order valence-electron chi connectivity index (χ2n) is 5.09. The van der Waals surface area contributed by atoms with Gasteiger partial charge in [0.15, 0.2) is 11.4 Å². The Balaban J connectivity index is 1.76. The lowest BCUT2D eigenvalue weighted by atomic mass is 10.2. The molecule has 2 aromatic rings. The summed E-state index contributed by atoms with van der Waals surface area (Å²) in [6.07, 6.45) is 2.43. The van der Waals surface area contributed by atoms with Crippen LogP contribution in [-0.4, -0.2) is 51.8 Å². The number of anilines is 1. The minimum Gasteiger partial charge on any atom is -0.350 e. The minimum absolute atomic E-state index is 0.452. The van der Waals surface area contributed by atoms with E-state index in [-0.39, 0.29) is 0 Å². The Morgan fingerprint density at radius 3 is 2.90 bits per heavy atom. The quantitative estimate of drug-likeness (QED) is 0.774. The molecule has 8 heteroatoms. The largest absolute Gasteiger partial charge is 0.350 e. The van der Waals surface area contributed by atoms with Gasteiger partial charge in [-0.15, -0.1) is 0 Å². The van der Waals surface area contributed by atoms with Crippen LogP contribution in [0.25, 0.3) is 11.0 Å². The van der Waals surface area contributed by atoms with Crippen molar-refractivity contribution in [3.8, 4) is 0 Å². The van der Waals surface area contributed by atoms with Crippen LogP contribution < -0.4 is 4.90 Å². The van der Waals surface area contributed by atoms with E-state index >= 15 is 0 Å². The van der Waals surface area contributed by atoms with Crippen LogP contribution in [0.3, 0.4) is 0 Å². The monoisotopic (exact) mass is 339 g/mol. The number of halogens is 1. The summed E-state index contributed by atoms with van der Waals surface area (Å²) in [6, 6.07) is 0. The average molecular weight is 340 g/mol. The fourth-order valence-corrected chi connectivity index (χ4v) is 3.53. The van der Waals surface area contributed by atoms with Gasteiger partial charge < -0.3 is 14.4 Å². The van der Waals surface area contributed by atoms with Crippen molar-refractivity contribution in [2.45, 2.75) is 12.2 Å². The third-order valence-electron chi connectivity index (χ3n) is 3.87. The summed E-state index contributed by atoms with van der Waals surface area (Å²) in [7, 11) is 1.87. The Hall–Kier alpha value is -1.25. The molecule has 2 aliphatic heterocycles. The second kappa shape index (κ2) is 4.37. The molecule has 0 amide bonds. The van der Waals surface area contributed by atoms with Crippen molar-refractivity contribution in [3.63, 3.8) is 0 Å². The van der Waals surface area contributed by atoms with E-state index in [1.165, 1.54) is 0 Å². The summed E-state index contributed by atoms with van der Waals surface area (Å²) in [5, 5.41) is 5.29. The van der Waals surface area contributed by atoms with Crippen LogP contribution in [0.15, 0.2) is 10.9 Å². The Labute approximate surface area is 124 Å². The van der Waals surface area contributed by atoms with E-state index < -0.39 is 5.79 Å². The van der Waals surface area contributed by atoms with E-state index in [1.54, 1.807) is 11.0 Å². The SMILES string of the molecule is Cn1nc(Br)c2c(N3CCC4(C3)OCCO4)ncnc21. The molecule has 0 atom stereocenters. The molecule has 0 aliphatic carbocycles.